The van der Waals surface area contributed by atoms with Crippen molar-refractivity contribution in [3.8, 4) is 17.2 Å². The Bertz CT molecular complexity index is 658. The van der Waals surface area contributed by atoms with E-state index in [0.717, 1.165) is 0 Å². The van der Waals surface area contributed by atoms with Crippen molar-refractivity contribution >= 4 is 5.91 Å². The Morgan fingerprint density at radius 2 is 1.74 bits per heavy atom. The van der Waals surface area contributed by atoms with E-state index in [2.05, 4.69) is 5.32 Å². The Labute approximate surface area is 134 Å². The summed E-state index contributed by atoms with van der Waals surface area (Å²) in [4.78, 5) is 12.1. The Balaban J connectivity index is 1.86. The number of hydrogen-bond acceptors (Lipinski definition) is 4. The SMILES string of the molecule is COc1ccc(C(=O)NCCOc2ccc(F)cc2)c(OC)c1. The molecule has 2 rings (SSSR count). The van der Waals surface area contributed by atoms with E-state index in [0.29, 0.717) is 29.4 Å². The quantitative estimate of drug-likeness (QED) is 0.797. The molecule has 0 radical (unpaired) electrons. The molecule has 0 aromatic heterocycles. The van der Waals surface area contributed by atoms with Gasteiger partial charge in [0.25, 0.3) is 5.91 Å². The summed E-state index contributed by atoms with van der Waals surface area (Å²) in [5.74, 6) is 0.992. The lowest BCUT2D eigenvalue weighted by molar-refractivity contribution is 0.0944. The minimum absolute atomic E-state index is 0.271. The van der Waals surface area contributed by atoms with Crippen LogP contribution >= 0.6 is 0 Å². The van der Waals surface area contributed by atoms with E-state index >= 15 is 0 Å². The number of rotatable bonds is 7. The van der Waals surface area contributed by atoms with Crippen LogP contribution in [0.3, 0.4) is 0 Å². The topological polar surface area (TPSA) is 56.8 Å². The Morgan fingerprint density at radius 1 is 1.04 bits per heavy atom. The maximum absolute atomic E-state index is 12.8. The van der Waals surface area contributed by atoms with Gasteiger partial charge in [0.1, 0.15) is 29.7 Å². The highest BCUT2D eigenvalue weighted by Crippen LogP contribution is 2.24. The number of amides is 1. The standard InChI is InChI=1S/C17H18FNO4/c1-21-14-7-8-15(16(11-14)22-2)17(20)19-9-10-23-13-5-3-12(18)4-6-13/h3-8,11H,9-10H2,1-2H3,(H,19,20). The molecule has 6 heteroatoms. The summed E-state index contributed by atoms with van der Waals surface area (Å²) in [5.41, 5.74) is 0.412. The number of hydrogen-bond donors (Lipinski definition) is 1. The van der Waals surface area contributed by atoms with Crippen LogP contribution < -0.4 is 19.5 Å². The maximum Gasteiger partial charge on any atom is 0.255 e. The number of benzene rings is 2. The van der Waals surface area contributed by atoms with Gasteiger partial charge in [-0.1, -0.05) is 0 Å². The zero-order chi connectivity index (χ0) is 16.7. The second-order valence-corrected chi connectivity index (χ2v) is 4.62. The summed E-state index contributed by atoms with van der Waals surface area (Å²) in [6, 6.07) is 10.7. The van der Waals surface area contributed by atoms with E-state index in [1.807, 2.05) is 0 Å². The summed E-state index contributed by atoms with van der Waals surface area (Å²) in [6.07, 6.45) is 0. The van der Waals surface area contributed by atoms with Gasteiger partial charge in [0.05, 0.1) is 26.3 Å². The predicted molar refractivity (Wildman–Crippen MR) is 83.8 cm³/mol. The lowest BCUT2D eigenvalue weighted by Gasteiger charge is -2.11. The van der Waals surface area contributed by atoms with Crippen molar-refractivity contribution < 1.29 is 23.4 Å². The van der Waals surface area contributed by atoms with Gasteiger partial charge >= 0.3 is 0 Å². The van der Waals surface area contributed by atoms with Gasteiger partial charge in [-0.25, -0.2) is 4.39 Å². The van der Waals surface area contributed by atoms with Crippen LogP contribution in [-0.2, 0) is 0 Å². The fourth-order valence-electron chi connectivity index (χ4n) is 1.95. The predicted octanol–water partition coefficient (Wildman–Crippen LogP) is 2.65. The summed E-state index contributed by atoms with van der Waals surface area (Å²) in [7, 11) is 3.03. The van der Waals surface area contributed by atoms with Gasteiger partial charge in [-0.15, -0.1) is 0 Å². The van der Waals surface area contributed by atoms with Crippen LogP contribution in [0.5, 0.6) is 17.2 Å². The largest absolute Gasteiger partial charge is 0.497 e. The van der Waals surface area contributed by atoms with Gasteiger partial charge in [0.15, 0.2) is 0 Å². The Kier molecular flexibility index (Phi) is 5.80. The molecule has 0 atom stereocenters. The average Bonchev–Trinajstić information content (AvgIpc) is 2.59. The van der Waals surface area contributed by atoms with Crippen molar-refractivity contribution in [2.75, 3.05) is 27.4 Å². The first-order chi connectivity index (χ1) is 11.1. The van der Waals surface area contributed by atoms with Crippen LogP contribution in [0.25, 0.3) is 0 Å². The smallest absolute Gasteiger partial charge is 0.255 e. The van der Waals surface area contributed by atoms with Gasteiger partial charge < -0.3 is 19.5 Å². The van der Waals surface area contributed by atoms with Crippen LogP contribution in [0.2, 0.25) is 0 Å². The van der Waals surface area contributed by atoms with Crippen LogP contribution in [0.15, 0.2) is 42.5 Å². The van der Waals surface area contributed by atoms with Crippen molar-refractivity contribution in [1.29, 1.82) is 0 Å². The van der Waals surface area contributed by atoms with E-state index in [9.17, 15) is 9.18 Å². The molecular weight excluding hydrogens is 301 g/mol. The molecule has 0 aliphatic rings. The second-order valence-electron chi connectivity index (χ2n) is 4.62. The van der Waals surface area contributed by atoms with Crippen molar-refractivity contribution in [3.63, 3.8) is 0 Å². The third kappa shape index (κ3) is 4.60. The molecule has 0 unspecified atom stereocenters. The van der Waals surface area contributed by atoms with Gasteiger partial charge in [-0.05, 0) is 36.4 Å². The lowest BCUT2D eigenvalue weighted by atomic mass is 10.1. The maximum atomic E-state index is 12.8. The molecule has 0 heterocycles. The minimum atomic E-state index is -0.322. The Hall–Kier alpha value is -2.76. The van der Waals surface area contributed by atoms with E-state index in [1.165, 1.54) is 31.4 Å². The lowest BCUT2D eigenvalue weighted by Crippen LogP contribution is -2.28. The number of carbonyl (C=O) groups is 1. The van der Waals surface area contributed by atoms with Crippen LogP contribution in [0.4, 0.5) is 4.39 Å². The molecule has 0 aliphatic carbocycles. The highest BCUT2D eigenvalue weighted by molar-refractivity contribution is 5.97. The molecule has 23 heavy (non-hydrogen) atoms. The van der Waals surface area contributed by atoms with E-state index < -0.39 is 0 Å². The molecular formula is C17H18FNO4. The van der Waals surface area contributed by atoms with Crippen molar-refractivity contribution in [2.45, 2.75) is 0 Å². The number of ether oxygens (including phenoxy) is 3. The van der Waals surface area contributed by atoms with Crippen LogP contribution in [0.1, 0.15) is 10.4 Å². The Morgan fingerprint density at radius 3 is 2.39 bits per heavy atom. The third-order valence-corrected chi connectivity index (χ3v) is 3.12. The number of halogens is 1. The van der Waals surface area contributed by atoms with E-state index in [4.69, 9.17) is 14.2 Å². The molecule has 1 N–H and O–H groups in total. The van der Waals surface area contributed by atoms with Gasteiger partial charge in [-0.3, -0.25) is 4.79 Å². The minimum Gasteiger partial charge on any atom is -0.497 e. The van der Waals surface area contributed by atoms with E-state index in [1.54, 1.807) is 25.3 Å². The number of methoxy groups -OCH3 is 2. The molecule has 122 valence electrons. The zero-order valence-electron chi connectivity index (χ0n) is 13.0. The summed E-state index contributed by atoms with van der Waals surface area (Å²) < 4.78 is 28.4. The highest BCUT2D eigenvalue weighted by Gasteiger charge is 2.12. The summed E-state index contributed by atoms with van der Waals surface area (Å²) in [5, 5.41) is 2.73. The molecule has 1 amide bonds. The molecule has 5 nitrogen and oxygen atoms in total. The first-order valence-electron chi connectivity index (χ1n) is 7.02. The molecule has 0 spiro atoms. The van der Waals surface area contributed by atoms with Crippen LogP contribution in [0, 0.1) is 5.82 Å². The van der Waals surface area contributed by atoms with Crippen molar-refractivity contribution in [3.05, 3.63) is 53.8 Å². The first-order valence-corrected chi connectivity index (χ1v) is 7.02. The normalized spacial score (nSPS) is 10.0. The third-order valence-electron chi connectivity index (χ3n) is 3.12. The highest BCUT2D eigenvalue weighted by atomic mass is 19.1. The van der Waals surface area contributed by atoms with E-state index in [-0.39, 0.29) is 18.3 Å². The number of nitrogens with one attached hydrogen (secondary N) is 1. The fraction of sp³-hybridized carbons (Fsp3) is 0.235. The molecule has 2 aromatic carbocycles. The second kappa shape index (κ2) is 8.03. The first kappa shape index (κ1) is 16.6. The summed E-state index contributed by atoms with van der Waals surface area (Å²) >= 11 is 0. The molecule has 0 saturated heterocycles. The molecule has 0 aliphatic heterocycles. The zero-order valence-corrected chi connectivity index (χ0v) is 13.0. The van der Waals surface area contributed by atoms with Gasteiger partial charge in [0.2, 0.25) is 0 Å². The van der Waals surface area contributed by atoms with Gasteiger partial charge in [0, 0.05) is 6.07 Å². The number of carbonyl (C=O) groups excluding carboxylic acids is 1. The fourth-order valence-corrected chi connectivity index (χ4v) is 1.95. The van der Waals surface area contributed by atoms with Crippen LogP contribution in [-0.4, -0.2) is 33.3 Å². The molecule has 0 saturated carbocycles. The molecule has 2 aromatic rings. The monoisotopic (exact) mass is 319 g/mol. The molecule has 0 bridgehead atoms. The average molecular weight is 319 g/mol. The van der Waals surface area contributed by atoms with Crippen molar-refractivity contribution in [1.82, 2.24) is 5.32 Å². The van der Waals surface area contributed by atoms with Crippen molar-refractivity contribution in [2.24, 2.45) is 0 Å². The van der Waals surface area contributed by atoms with Gasteiger partial charge in [-0.2, -0.15) is 0 Å². The summed E-state index contributed by atoms with van der Waals surface area (Å²) in [6.45, 7) is 0.585. The molecule has 0 fully saturated rings.